The smallest absolute Gasteiger partial charge is 0.226 e. The summed E-state index contributed by atoms with van der Waals surface area (Å²) in [6.45, 7) is 1.86. The van der Waals surface area contributed by atoms with Crippen molar-refractivity contribution in [3.63, 3.8) is 0 Å². The van der Waals surface area contributed by atoms with E-state index in [4.69, 9.17) is 10.8 Å². The van der Waals surface area contributed by atoms with Crippen LogP contribution >= 0.6 is 0 Å². The van der Waals surface area contributed by atoms with Crippen molar-refractivity contribution in [2.45, 2.75) is 25.8 Å². The first kappa shape index (κ1) is 12.4. The summed E-state index contributed by atoms with van der Waals surface area (Å²) in [5.41, 5.74) is 6.73. The van der Waals surface area contributed by atoms with Crippen LogP contribution in [0.1, 0.15) is 19.0 Å². The molecule has 0 aliphatic rings. The summed E-state index contributed by atoms with van der Waals surface area (Å²) in [6, 6.07) is 3.25. The van der Waals surface area contributed by atoms with E-state index in [1.54, 1.807) is 12.1 Å². The van der Waals surface area contributed by atoms with E-state index in [2.05, 4.69) is 10.3 Å². The lowest BCUT2D eigenvalue weighted by molar-refractivity contribution is -0.121. The van der Waals surface area contributed by atoms with E-state index >= 15 is 0 Å². The van der Waals surface area contributed by atoms with Gasteiger partial charge in [-0.25, -0.2) is 0 Å². The van der Waals surface area contributed by atoms with Gasteiger partial charge in [0, 0.05) is 5.69 Å². The van der Waals surface area contributed by atoms with E-state index in [0.29, 0.717) is 17.8 Å². The van der Waals surface area contributed by atoms with E-state index in [1.165, 1.54) is 6.20 Å². The first-order chi connectivity index (χ1) is 7.65. The molecule has 0 radical (unpaired) electrons. The second-order valence-corrected chi connectivity index (χ2v) is 3.61. The van der Waals surface area contributed by atoms with E-state index in [1.807, 2.05) is 6.92 Å². The molecule has 16 heavy (non-hydrogen) atoms. The van der Waals surface area contributed by atoms with Crippen molar-refractivity contribution >= 4 is 11.6 Å². The number of aliphatic hydroxyl groups is 1. The molecule has 0 unspecified atom stereocenters. The number of nitrogens with one attached hydrogen (secondary N) is 1. The molecule has 0 fully saturated rings. The van der Waals surface area contributed by atoms with Crippen LogP contribution in [0.3, 0.4) is 0 Å². The maximum atomic E-state index is 11.5. The van der Waals surface area contributed by atoms with Gasteiger partial charge < -0.3 is 16.2 Å². The predicted octanol–water partition coefficient (Wildman–Crippen LogP) is 0.0934. The molecule has 0 aliphatic heterocycles. The molecule has 0 spiro atoms. The number of nitrogens with two attached hydrogens (primary N) is 1. The molecule has 1 heterocycles. The molecule has 88 valence electrons. The Labute approximate surface area is 94.7 Å². The van der Waals surface area contributed by atoms with Crippen molar-refractivity contribution in [1.82, 2.24) is 10.3 Å². The summed E-state index contributed by atoms with van der Waals surface area (Å²) in [4.78, 5) is 15.6. The maximum absolute atomic E-state index is 11.5. The molecule has 1 atom stereocenters. The maximum Gasteiger partial charge on any atom is 0.226 e. The van der Waals surface area contributed by atoms with E-state index in [9.17, 15) is 4.79 Å². The lowest BCUT2D eigenvalue weighted by Crippen LogP contribution is -2.37. The highest BCUT2D eigenvalue weighted by atomic mass is 16.3. The number of nitrogens with zero attached hydrogens (tertiary/aromatic N) is 1. The van der Waals surface area contributed by atoms with E-state index in [-0.39, 0.29) is 25.0 Å². The third-order valence-corrected chi connectivity index (χ3v) is 2.27. The van der Waals surface area contributed by atoms with Gasteiger partial charge in [-0.15, -0.1) is 0 Å². The Balaban J connectivity index is 2.48. The summed E-state index contributed by atoms with van der Waals surface area (Å²) in [6.07, 6.45) is 2.43. The lowest BCUT2D eigenvalue weighted by atomic mass is 10.2. The number of hydrogen-bond acceptors (Lipinski definition) is 4. The fourth-order valence-electron chi connectivity index (χ4n) is 1.26. The van der Waals surface area contributed by atoms with Crippen LogP contribution < -0.4 is 11.1 Å². The minimum atomic E-state index is -0.179. The van der Waals surface area contributed by atoms with E-state index in [0.717, 1.165) is 0 Å². The van der Waals surface area contributed by atoms with E-state index < -0.39 is 0 Å². The summed E-state index contributed by atoms with van der Waals surface area (Å²) < 4.78 is 0. The Kier molecular flexibility index (Phi) is 4.72. The highest BCUT2D eigenvalue weighted by Gasteiger charge is 2.09. The summed E-state index contributed by atoms with van der Waals surface area (Å²) in [5.74, 6) is -0.141. The zero-order valence-corrected chi connectivity index (χ0v) is 9.31. The number of anilines is 1. The normalized spacial score (nSPS) is 12.1. The van der Waals surface area contributed by atoms with Gasteiger partial charge in [-0.05, 0) is 18.6 Å². The first-order valence-electron chi connectivity index (χ1n) is 5.26. The van der Waals surface area contributed by atoms with Crippen molar-refractivity contribution in [3.05, 3.63) is 24.0 Å². The van der Waals surface area contributed by atoms with Crippen LogP contribution in [-0.4, -0.2) is 28.6 Å². The molecular formula is C11H17N3O2. The molecule has 0 aromatic carbocycles. The molecule has 5 heteroatoms. The van der Waals surface area contributed by atoms with Gasteiger partial charge >= 0.3 is 0 Å². The van der Waals surface area contributed by atoms with Crippen LogP contribution in [0, 0.1) is 0 Å². The summed E-state index contributed by atoms with van der Waals surface area (Å²) in [5, 5.41) is 11.6. The molecule has 0 saturated heterocycles. The fraction of sp³-hybridized carbons (Fsp3) is 0.455. The Morgan fingerprint density at radius 1 is 1.62 bits per heavy atom. The van der Waals surface area contributed by atoms with Crippen LogP contribution in [0.4, 0.5) is 5.69 Å². The number of aliphatic hydroxyl groups excluding tert-OH is 1. The van der Waals surface area contributed by atoms with Crippen LogP contribution in [-0.2, 0) is 11.2 Å². The molecule has 1 aromatic rings. The topological polar surface area (TPSA) is 88.2 Å². The van der Waals surface area contributed by atoms with Crippen LogP contribution in [0.5, 0.6) is 0 Å². The van der Waals surface area contributed by atoms with Gasteiger partial charge in [0.25, 0.3) is 0 Å². The quantitative estimate of drug-likeness (QED) is 0.660. The minimum Gasteiger partial charge on any atom is -0.397 e. The number of pyridine rings is 1. The Morgan fingerprint density at radius 3 is 2.88 bits per heavy atom. The molecule has 0 saturated carbocycles. The van der Waals surface area contributed by atoms with Crippen molar-refractivity contribution in [2.75, 3.05) is 12.3 Å². The largest absolute Gasteiger partial charge is 0.397 e. The minimum absolute atomic E-state index is 0.0442. The third kappa shape index (κ3) is 3.86. The van der Waals surface area contributed by atoms with Crippen molar-refractivity contribution in [1.29, 1.82) is 0 Å². The first-order valence-corrected chi connectivity index (χ1v) is 5.26. The van der Waals surface area contributed by atoms with Gasteiger partial charge in [-0.1, -0.05) is 6.92 Å². The zero-order chi connectivity index (χ0) is 12.0. The van der Waals surface area contributed by atoms with Crippen molar-refractivity contribution in [2.24, 2.45) is 0 Å². The van der Waals surface area contributed by atoms with Crippen LogP contribution in [0.15, 0.2) is 18.3 Å². The molecule has 1 rings (SSSR count). The number of carbonyl (C=O) groups excluding carboxylic acids is 1. The van der Waals surface area contributed by atoms with Gasteiger partial charge in [0.15, 0.2) is 0 Å². The number of rotatable bonds is 5. The van der Waals surface area contributed by atoms with Crippen molar-refractivity contribution in [3.8, 4) is 0 Å². The Hall–Kier alpha value is -1.62. The fourth-order valence-corrected chi connectivity index (χ4v) is 1.26. The number of carbonyl (C=O) groups is 1. The standard InChI is InChI=1S/C11H17N3O2/c1-2-9(7-15)14-11(16)5-10-4-3-8(12)6-13-10/h3-4,6,9,15H,2,5,7,12H2,1H3,(H,14,16)/t9-/m1/s1. The zero-order valence-electron chi connectivity index (χ0n) is 9.31. The molecule has 0 bridgehead atoms. The van der Waals surface area contributed by atoms with Gasteiger partial charge in [0.05, 0.1) is 31.0 Å². The Bertz CT molecular complexity index is 334. The van der Waals surface area contributed by atoms with Gasteiger partial charge in [-0.3, -0.25) is 9.78 Å². The molecule has 0 aliphatic carbocycles. The molecular weight excluding hydrogens is 206 g/mol. The average molecular weight is 223 g/mol. The molecule has 1 aromatic heterocycles. The second kappa shape index (κ2) is 6.07. The predicted molar refractivity (Wildman–Crippen MR) is 61.7 cm³/mol. The number of nitrogen functional groups attached to an aromatic ring is 1. The summed E-state index contributed by atoms with van der Waals surface area (Å²) in [7, 11) is 0. The molecule has 5 nitrogen and oxygen atoms in total. The lowest BCUT2D eigenvalue weighted by Gasteiger charge is -2.13. The van der Waals surface area contributed by atoms with Gasteiger partial charge in [0.1, 0.15) is 0 Å². The van der Waals surface area contributed by atoms with Crippen molar-refractivity contribution < 1.29 is 9.90 Å². The number of hydrogen-bond donors (Lipinski definition) is 3. The average Bonchev–Trinajstić information content (AvgIpc) is 2.29. The van der Waals surface area contributed by atoms with Gasteiger partial charge in [-0.2, -0.15) is 0 Å². The second-order valence-electron chi connectivity index (χ2n) is 3.61. The molecule has 1 amide bonds. The SMILES string of the molecule is CC[C@H](CO)NC(=O)Cc1ccc(N)cn1. The van der Waals surface area contributed by atoms with Gasteiger partial charge in [0.2, 0.25) is 5.91 Å². The Morgan fingerprint density at radius 2 is 2.38 bits per heavy atom. The number of aromatic nitrogens is 1. The summed E-state index contributed by atoms with van der Waals surface area (Å²) >= 11 is 0. The van der Waals surface area contributed by atoms with Crippen LogP contribution in [0.2, 0.25) is 0 Å². The molecule has 4 N–H and O–H groups in total. The highest BCUT2D eigenvalue weighted by molar-refractivity contribution is 5.78. The number of amides is 1. The highest BCUT2D eigenvalue weighted by Crippen LogP contribution is 2.02. The van der Waals surface area contributed by atoms with Crippen LogP contribution in [0.25, 0.3) is 0 Å². The third-order valence-electron chi connectivity index (χ3n) is 2.27. The monoisotopic (exact) mass is 223 g/mol.